The molecular formula is C33H40N2O3. The van der Waals surface area contributed by atoms with E-state index in [9.17, 15) is 0 Å². The van der Waals surface area contributed by atoms with E-state index in [2.05, 4.69) is 64.4 Å². The van der Waals surface area contributed by atoms with Crippen LogP contribution in [0, 0.1) is 0 Å². The maximum atomic E-state index is 6.19. The van der Waals surface area contributed by atoms with Gasteiger partial charge in [0.2, 0.25) is 0 Å². The minimum absolute atomic E-state index is 0.495. The highest BCUT2D eigenvalue weighted by Gasteiger charge is 2.28. The largest absolute Gasteiger partial charge is 0.497 e. The van der Waals surface area contributed by atoms with Crippen molar-refractivity contribution in [1.29, 1.82) is 0 Å². The second-order valence-corrected chi connectivity index (χ2v) is 11.0. The molecule has 0 N–H and O–H groups in total. The van der Waals surface area contributed by atoms with Crippen LogP contribution in [0.5, 0.6) is 17.2 Å². The molecule has 2 aliphatic heterocycles. The summed E-state index contributed by atoms with van der Waals surface area (Å²) in [6, 6.07) is 19.9. The van der Waals surface area contributed by atoms with Crippen LogP contribution in [0.15, 0.2) is 54.6 Å². The van der Waals surface area contributed by atoms with Crippen LogP contribution in [0.2, 0.25) is 0 Å². The van der Waals surface area contributed by atoms with E-state index < -0.39 is 0 Å². The summed E-state index contributed by atoms with van der Waals surface area (Å²) in [5.74, 6) is 3.36. The van der Waals surface area contributed by atoms with Crippen LogP contribution >= 0.6 is 0 Å². The number of rotatable bonds is 8. The van der Waals surface area contributed by atoms with Crippen molar-refractivity contribution in [2.45, 2.75) is 57.5 Å². The molecule has 5 heteroatoms. The highest BCUT2D eigenvalue weighted by Crippen LogP contribution is 2.42. The molecule has 1 atom stereocenters. The lowest BCUT2D eigenvalue weighted by Crippen LogP contribution is -2.33. The average molecular weight is 513 g/mol. The van der Waals surface area contributed by atoms with Crippen molar-refractivity contribution in [2.24, 2.45) is 0 Å². The van der Waals surface area contributed by atoms with Gasteiger partial charge in [-0.15, -0.1) is 0 Å². The van der Waals surface area contributed by atoms with Crippen molar-refractivity contribution in [3.63, 3.8) is 0 Å². The zero-order valence-corrected chi connectivity index (χ0v) is 22.9. The average Bonchev–Trinajstić information content (AvgIpc) is 3.40. The molecule has 0 spiro atoms. The van der Waals surface area contributed by atoms with Gasteiger partial charge in [-0.3, -0.25) is 4.90 Å². The lowest BCUT2D eigenvalue weighted by molar-refractivity contribution is 0.183. The van der Waals surface area contributed by atoms with E-state index in [1.807, 2.05) is 0 Å². The van der Waals surface area contributed by atoms with E-state index in [1.165, 1.54) is 65.9 Å². The van der Waals surface area contributed by atoms with Crippen LogP contribution in [-0.4, -0.2) is 45.4 Å². The Hall–Kier alpha value is -3.18. The summed E-state index contributed by atoms with van der Waals surface area (Å²) in [5, 5.41) is 0. The van der Waals surface area contributed by atoms with Gasteiger partial charge in [0.05, 0.1) is 14.2 Å². The number of likely N-dealkylation sites (tertiary alicyclic amines) is 1. The number of hydrogen-bond acceptors (Lipinski definition) is 5. The zero-order valence-electron chi connectivity index (χ0n) is 22.9. The quantitative estimate of drug-likeness (QED) is 0.351. The maximum Gasteiger partial charge on any atom is 0.120 e. The summed E-state index contributed by atoms with van der Waals surface area (Å²) in [5.41, 5.74) is 8.36. The Kier molecular flexibility index (Phi) is 7.46. The molecule has 1 unspecified atom stereocenters. The molecule has 0 amide bonds. The highest BCUT2D eigenvalue weighted by molar-refractivity contribution is 5.62. The molecule has 3 aromatic rings. The summed E-state index contributed by atoms with van der Waals surface area (Å²) in [7, 11) is 3.51. The molecule has 200 valence electrons. The number of anilines is 1. The van der Waals surface area contributed by atoms with E-state index in [-0.39, 0.29) is 0 Å². The first kappa shape index (κ1) is 25.1. The van der Waals surface area contributed by atoms with Crippen molar-refractivity contribution in [3.05, 3.63) is 82.4 Å². The number of benzene rings is 3. The summed E-state index contributed by atoms with van der Waals surface area (Å²) >= 11 is 0. The smallest absolute Gasteiger partial charge is 0.120 e. The van der Waals surface area contributed by atoms with Crippen molar-refractivity contribution in [2.75, 3.05) is 45.4 Å². The van der Waals surface area contributed by atoms with Gasteiger partial charge in [-0.1, -0.05) is 24.6 Å². The van der Waals surface area contributed by atoms with Gasteiger partial charge in [-0.05, 0) is 109 Å². The van der Waals surface area contributed by atoms with E-state index >= 15 is 0 Å². The van der Waals surface area contributed by atoms with Gasteiger partial charge in [0.1, 0.15) is 23.9 Å². The Morgan fingerprint density at radius 2 is 1.45 bits per heavy atom. The second kappa shape index (κ2) is 11.3. The van der Waals surface area contributed by atoms with E-state index in [1.54, 1.807) is 14.2 Å². The van der Waals surface area contributed by atoms with Gasteiger partial charge in [-0.2, -0.15) is 0 Å². The van der Waals surface area contributed by atoms with Crippen LogP contribution in [0.1, 0.15) is 59.4 Å². The standard InChI is InChI=1S/C33H40N2O3/c1-36-29-10-8-24-18-26(7-6-25(24)19-29)32-13-12-30(37-2)21-33(32)35-22-27-9-11-31(20-28(27)23-35)38-17-16-34-14-4-3-5-15-34/h8-13,19-21,26H,3-7,14-18,22-23H2,1-2H3. The molecule has 5 nitrogen and oxygen atoms in total. The van der Waals surface area contributed by atoms with Crippen LogP contribution in [0.25, 0.3) is 0 Å². The molecule has 3 aliphatic rings. The zero-order chi connectivity index (χ0) is 25.9. The monoisotopic (exact) mass is 512 g/mol. The first-order valence-electron chi connectivity index (χ1n) is 14.3. The van der Waals surface area contributed by atoms with E-state index in [4.69, 9.17) is 14.2 Å². The lowest BCUT2D eigenvalue weighted by atomic mass is 9.79. The molecule has 0 radical (unpaired) electrons. The first-order chi connectivity index (χ1) is 18.7. The van der Waals surface area contributed by atoms with Gasteiger partial charge in [0, 0.05) is 31.4 Å². The summed E-state index contributed by atoms with van der Waals surface area (Å²) in [4.78, 5) is 5.05. The van der Waals surface area contributed by atoms with Gasteiger partial charge in [0.15, 0.2) is 0 Å². The Balaban J connectivity index is 1.17. The molecule has 1 aliphatic carbocycles. The van der Waals surface area contributed by atoms with Gasteiger partial charge >= 0.3 is 0 Å². The molecule has 6 rings (SSSR count). The minimum atomic E-state index is 0.495. The summed E-state index contributed by atoms with van der Waals surface area (Å²) in [6.45, 7) is 6.03. The van der Waals surface area contributed by atoms with Crippen LogP contribution in [0.3, 0.4) is 0 Å². The molecule has 0 saturated carbocycles. The van der Waals surface area contributed by atoms with Crippen molar-refractivity contribution < 1.29 is 14.2 Å². The SMILES string of the molecule is COc1ccc2c(c1)CCC(c1ccc(OC)cc1N1Cc3ccc(OCCN4CCCCC4)cc3C1)C2. The fourth-order valence-corrected chi connectivity index (χ4v) is 6.50. The topological polar surface area (TPSA) is 34.2 Å². The molecular weight excluding hydrogens is 472 g/mol. The van der Waals surface area contributed by atoms with Gasteiger partial charge in [0.25, 0.3) is 0 Å². The number of piperidine rings is 1. The highest BCUT2D eigenvalue weighted by atomic mass is 16.5. The number of ether oxygens (including phenoxy) is 3. The number of aryl methyl sites for hydroxylation is 1. The van der Waals surface area contributed by atoms with Crippen LogP contribution in [-0.2, 0) is 25.9 Å². The summed E-state index contributed by atoms with van der Waals surface area (Å²) in [6.07, 6.45) is 7.31. The fraction of sp³-hybridized carbons (Fsp3) is 0.455. The van der Waals surface area contributed by atoms with Gasteiger partial charge < -0.3 is 19.1 Å². The predicted octanol–water partition coefficient (Wildman–Crippen LogP) is 6.36. The van der Waals surface area contributed by atoms with Gasteiger partial charge in [-0.25, -0.2) is 0 Å². The lowest BCUT2D eigenvalue weighted by Gasteiger charge is -2.30. The third-order valence-corrected chi connectivity index (χ3v) is 8.69. The van der Waals surface area contributed by atoms with E-state index in [0.717, 1.165) is 62.8 Å². The molecule has 3 aromatic carbocycles. The number of nitrogens with zero attached hydrogens (tertiary/aromatic N) is 2. The normalized spacial score (nSPS) is 19.1. The number of hydrogen-bond donors (Lipinski definition) is 0. The third-order valence-electron chi connectivity index (χ3n) is 8.69. The molecule has 2 heterocycles. The number of fused-ring (bicyclic) bond motifs is 2. The van der Waals surface area contributed by atoms with Crippen molar-refractivity contribution >= 4 is 5.69 Å². The fourth-order valence-electron chi connectivity index (χ4n) is 6.50. The number of methoxy groups -OCH3 is 2. The summed E-state index contributed by atoms with van der Waals surface area (Å²) < 4.78 is 17.3. The molecule has 1 saturated heterocycles. The maximum absolute atomic E-state index is 6.19. The van der Waals surface area contributed by atoms with Crippen LogP contribution in [0.4, 0.5) is 5.69 Å². The third kappa shape index (κ3) is 5.35. The predicted molar refractivity (Wildman–Crippen MR) is 153 cm³/mol. The molecule has 0 aromatic heterocycles. The van der Waals surface area contributed by atoms with Crippen molar-refractivity contribution in [1.82, 2.24) is 4.90 Å². The molecule has 0 bridgehead atoms. The Labute approximate surface area is 227 Å². The van der Waals surface area contributed by atoms with E-state index in [0.29, 0.717) is 5.92 Å². The van der Waals surface area contributed by atoms with Crippen LogP contribution < -0.4 is 19.1 Å². The first-order valence-corrected chi connectivity index (χ1v) is 14.3. The van der Waals surface area contributed by atoms with Crippen molar-refractivity contribution in [3.8, 4) is 17.2 Å². The Morgan fingerprint density at radius 1 is 0.737 bits per heavy atom. The minimum Gasteiger partial charge on any atom is -0.497 e. The molecule has 1 fully saturated rings. The Morgan fingerprint density at radius 3 is 2.29 bits per heavy atom. The molecule has 38 heavy (non-hydrogen) atoms. The Bertz CT molecular complexity index is 1270. The second-order valence-electron chi connectivity index (χ2n) is 11.0.